The van der Waals surface area contributed by atoms with Crippen LogP contribution in [-0.2, 0) is 40.0 Å². The number of carboxylic acids is 3. The topological polar surface area (TPSA) is 275 Å². The quantitative estimate of drug-likeness (QED) is 0.101. The molecular weight excluding hydrogens is 510 g/mol. The number of aromatic hydroxyl groups is 1. The maximum absolute atomic E-state index is 12.5. The largest absolute Gasteiger partial charge is 0.508 e. The van der Waals surface area contributed by atoms with Crippen LogP contribution < -0.4 is 27.0 Å². The summed E-state index contributed by atoms with van der Waals surface area (Å²) in [7, 11) is 0. The highest BCUT2D eigenvalue weighted by molar-refractivity contribution is 5.93. The molecule has 3 atom stereocenters. The maximum Gasteiger partial charge on any atom is 0.326 e. The summed E-state index contributed by atoms with van der Waals surface area (Å²) in [4.78, 5) is 81.3. The van der Waals surface area contributed by atoms with Gasteiger partial charge in [-0.15, -0.1) is 0 Å². The van der Waals surface area contributed by atoms with Crippen LogP contribution in [0, 0.1) is 0 Å². The number of carbonyl (C=O) groups excluding carboxylic acids is 4. The minimum Gasteiger partial charge on any atom is -0.508 e. The summed E-state index contributed by atoms with van der Waals surface area (Å²) in [6.45, 7) is -1.40. The number of hydrogen-bond acceptors (Lipinski definition) is 9. The Kier molecular flexibility index (Phi) is 12.7. The normalized spacial score (nSPS) is 12.8. The third-order valence-corrected chi connectivity index (χ3v) is 4.89. The van der Waals surface area contributed by atoms with Crippen LogP contribution >= 0.6 is 0 Å². The first-order valence-corrected chi connectivity index (χ1v) is 11.1. The Morgan fingerprint density at radius 1 is 0.763 bits per heavy atom. The fourth-order valence-electron chi connectivity index (χ4n) is 2.95. The number of aliphatic carboxylic acids is 3. The van der Waals surface area contributed by atoms with Crippen molar-refractivity contribution in [1.29, 1.82) is 0 Å². The molecule has 0 saturated heterocycles. The average Bonchev–Trinajstić information content (AvgIpc) is 2.84. The number of nitrogens with one attached hydrogen (secondary N) is 4. The van der Waals surface area contributed by atoms with E-state index in [1.807, 2.05) is 5.32 Å². The van der Waals surface area contributed by atoms with E-state index in [1.54, 1.807) is 12.1 Å². The molecule has 208 valence electrons. The van der Waals surface area contributed by atoms with Gasteiger partial charge in [0.15, 0.2) is 0 Å². The summed E-state index contributed by atoms with van der Waals surface area (Å²) in [5.74, 6) is -7.81. The van der Waals surface area contributed by atoms with Gasteiger partial charge in [-0.05, 0) is 30.5 Å². The average molecular weight is 539 g/mol. The molecule has 0 aromatic heterocycles. The molecule has 0 aliphatic rings. The van der Waals surface area contributed by atoms with Gasteiger partial charge >= 0.3 is 17.9 Å². The van der Waals surface area contributed by atoms with E-state index in [0.29, 0.717) is 5.56 Å². The SMILES string of the molecule is N[C@@H](Cc1ccc(O)cc1)C(=O)N[C@@H](CCC(=O)O)C(=O)NCC(=O)NCC(=O)N[C@@H](CC(=O)O)C(=O)O. The molecule has 0 aliphatic heterocycles. The summed E-state index contributed by atoms with van der Waals surface area (Å²) < 4.78 is 0. The number of nitrogens with two attached hydrogens (primary N) is 1. The Bertz CT molecular complexity index is 1040. The summed E-state index contributed by atoms with van der Waals surface area (Å²) in [6.07, 6.45) is -1.63. The van der Waals surface area contributed by atoms with E-state index in [2.05, 4.69) is 16.0 Å². The van der Waals surface area contributed by atoms with Crippen LogP contribution in [0.15, 0.2) is 24.3 Å². The van der Waals surface area contributed by atoms with Gasteiger partial charge in [-0.2, -0.15) is 0 Å². The standard InChI is InChI=1S/C22H29N5O11/c23-13(7-11-1-3-12(28)4-2-11)20(35)27-14(5-6-18(31)32)21(36)25-9-16(29)24-10-17(30)26-15(22(37)38)8-19(33)34/h1-4,13-15,28H,5-10,23H2,(H,24,29)(H,25,36)(H,26,30)(H,27,35)(H,31,32)(H,33,34)(H,37,38)/t13-,14-,15-/m0/s1. The first kappa shape index (κ1) is 31.3. The number of phenols is 1. The number of hydrogen-bond donors (Lipinski definition) is 9. The molecule has 4 amide bonds. The molecule has 10 N–H and O–H groups in total. The van der Waals surface area contributed by atoms with Crippen molar-refractivity contribution in [3.05, 3.63) is 29.8 Å². The van der Waals surface area contributed by atoms with Crippen LogP contribution in [0.3, 0.4) is 0 Å². The summed E-state index contributed by atoms with van der Waals surface area (Å²) in [6, 6.07) is 1.71. The van der Waals surface area contributed by atoms with Crippen molar-refractivity contribution in [1.82, 2.24) is 21.3 Å². The number of phenolic OH excluding ortho intramolecular Hbond substituents is 1. The van der Waals surface area contributed by atoms with E-state index in [9.17, 15) is 38.7 Å². The second kappa shape index (κ2) is 15.4. The van der Waals surface area contributed by atoms with Gasteiger partial charge in [-0.3, -0.25) is 28.8 Å². The smallest absolute Gasteiger partial charge is 0.326 e. The van der Waals surface area contributed by atoms with Crippen LogP contribution in [0.4, 0.5) is 0 Å². The fraction of sp³-hybridized carbons (Fsp3) is 0.409. The van der Waals surface area contributed by atoms with Gasteiger partial charge in [0.05, 0.1) is 25.6 Å². The lowest BCUT2D eigenvalue weighted by atomic mass is 10.0. The Labute approximate surface area is 215 Å². The van der Waals surface area contributed by atoms with Crippen molar-refractivity contribution >= 4 is 41.5 Å². The van der Waals surface area contributed by atoms with Crippen LogP contribution in [0.25, 0.3) is 0 Å². The van der Waals surface area contributed by atoms with E-state index in [4.69, 9.17) is 21.1 Å². The third-order valence-electron chi connectivity index (χ3n) is 4.89. The Morgan fingerprint density at radius 2 is 1.37 bits per heavy atom. The molecule has 38 heavy (non-hydrogen) atoms. The van der Waals surface area contributed by atoms with Gasteiger partial charge < -0.3 is 47.4 Å². The highest BCUT2D eigenvalue weighted by Gasteiger charge is 2.26. The predicted octanol–water partition coefficient (Wildman–Crippen LogP) is -3.11. The van der Waals surface area contributed by atoms with Crippen LogP contribution in [-0.4, -0.2) is 93.2 Å². The lowest BCUT2D eigenvalue weighted by Gasteiger charge is -2.20. The Hall–Kier alpha value is -4.73. The molecule has 0 fully saturated rings. The molecule has 0 heterocycles. The fourth-order valence-corrected chi connectivity index (χ4v) is 2.95. The minimum atomic E-state index is -1.71. The molecule has 16 nitrogen and oxygen atoms in total. The Morgan fingerprint density at radius 3 is 1.92 bits per heavy atom. The molecule has 0 saturated carbocycles. The van der Waals surface area contributed by atoms with Crippen molar-refractivity contribution in [2.75, 3.05) is 13.1 Å². The molecule has 0 aliphatic carbocycles. The van der Waals surface area contributed by atoms with Crippen LogP contribution in [0.5, 0.6) is 5.75 Å². The summed E-state index contributed by atoms with van der Waals surface area (Å²) in [5, 5.41) is 44.4. The van der Waals surface area contributed by atoms with Gasteiger partial charge in [0, 0.05) is 6.42 Å². The molecule has 0 radical (unpaired) electrons. The highest BCUT2D eigenvalue weighted by Crippen LogP contribution is 2.11. The molecule has 1 rings (SSSR count). The molecule has 0 unspecified atom stereocenters. The van der Waals surface area contributed by atoms with Crippen molar-refractivity contribution < 1.29 is 54.0 Å². The maximum atomic E-state index is 12.5. The van der Waals surface area contributed by atoms with E-state index in [-0.39, 0.29) is 18.6 Å². The molecule has 0 spiro atoms. The Balaban J connectivity index is 2.62. The van der Waals surface area contributed by atoms with E-state index < -0.39 is 85.6 Å². The molecular formula is C22H29N5O11. The molecule has 0 bridgehead atoms. The van der Waals surface area contributed by atoms with Crippen molar-refractivity contribution in [3.8, 4) is 5.75 Å². The zero-order valence-electron chi connectivity index (χ0n) is 20.0. The minimum absolute atomic E-state index is 0.0180. The van der Waals surface area contributed by atoms with Crippen molar-refractivity contribution in [2.45, 2.75) is 43.8 Å². The number of carbonyl (C=O) groups is 7. The summed E-state index contributed by atoms with van der Waals surface area (Å²) >= 11 is 0. The monoisotopic (exact) mass is 539 g/mol. The van der Waals surface area contributed by atoms with Crippen LogP contribution in [0.2, 0.25) is 0 Å². The van der Waals surface area contributed by atoms with E-state index >= 15 is 0 Å². The highest BCUT2D eigenvalue weighted by atomic mass is 16.4. The number of benzene rings is 1. The predicted molar refractivity (Wildman–Crippen MR) is 126 cm³/mol. The summed E-state index contributed by atoms with van der Waals surface area (Å²) in [5.41, 5.74) is 6.49. The zero-order valence-corrected chi connectivity index (χ0v) is 20.0. The van der Waals surface area contributed by atoms with Gasteiger partial charge in [-0.25, -0.2) is 4.79 Å². The second-order valence-electron chi connectivity index (χ2n) is 8.02. The van der Waals surface area contributed by atoms with Crippen LogP contribution in [0.1, 0.15) is 24.8 Å². The van der Waals surface area contributed by atoms with E-state index in [0.717, 1.165) is 0 Å². The zero-order chi connectivity index (χ0) is 28.8. The molecule has 1 aromatic rings. The van der Waals surface area contributed by atoms with E-state index in [1.165, 1.54) is 12.1 Å². The lowest BCUT2D eigenvalue weighted by Crippen LogP contribution is -2.53. The first-order valence-electron chi connectivity index (χ1n) is 11.1. The molecule has 1 aromatic carbocycles. The number of rotatable bonds is 16. The number of amides is 4. The number of carboxylic acid groups (broad SMARTS) is 3. The van der Waals surface area contributed by atoms with Crippen molar-refractivity contribution in [3.63, 3.8) is 0 Å². The first-order chi connectivity index (χ1) is 17.8. The van der Waals surface area contributed by atoms with Gasteiger partial charge in [-0.1, -0.05) is 12.1 Å². The van der Waals surface area contributed by atoms with Gasteiger partial charge in [0.25, 0.3) is 0 Å². The second-order valence-corrected chi connectivity index (χ2v) is 8.02. The third kappa shape index (κ3) is 12.3. The van der Waals surface area contributed by atoms with Gasteiger partial charge in [0.2, 0.25) is 23.6 Å². The lowest BCUT2D eigenvalue weighted by molar-refractivity contribution is -0.147. The van der Waals surface area contributed by atoms with Crippen molar-refractivity contribution in [2.24, 2.45) is 5.73 Å². The molecule has 16 heteroatoms. The van der Waals surface area contributed by atoms with Gasteiger partial charge in [0.1, 0.15) is 17.8 Å².